The summed E-state index contributed by atoms with van der Waals surface area (Å²) in [6.07, 6.45) is 0. The van der Waals surface area contributed by atoms with Gasteiger partial charge in [-0.15, -0.1) is 0 Å². The molecule has 0 aromatic carbocycles. The summed E-state index contributed by atoms with van der Waals surface area (Å²) in [5.41, 5.74) is 7.03. The number of rotatable bonds is 4. The Morgan fingerprint density at radius 2 is 2.11 bits per heavy atom. The van der Waals surface area contributed by atoms with Gasteiger partial charge in [-0.2, -0.15) is 5.10 Å². The highest BCUT2D eigenvalue weighted by Crippen LogP contribution is 2.17. The molecule has 1 aromatic heterocycles. The Morgan fingerprint density at radius 1 is 1.50 bits per heavy atom. The van der Waals surface area contributed by atoms with Gasteiger partial charge < -0.3 is 15.4 Å². The molecule has 0 atom stereocenters. The van der Waals surface area contributed by atoms with Crippen LogP contribution in [0, 0.1) is 6.92 Å². The topological polar surface area (TPSA) is 90.4 Å². The largest absolute Gasteiger partial charge is 0.468 e. The fourth-order valence-electron chi connectivity index (χ4n) is 1.63. The maximum atomic E-state index is 12.3. The highest BCUT2D eigenvalue weighted by Gasteiger charge is 2.24. The number of nitrogens with zero attached hydrogens (tertiary/aromatic N) is 3. The molecule has 0 aliphatic carbocycles. The van der Waals surface area contributed by atoms with E-state index in [1.807, 2.05) is 0 Å². The molecule has 0 aliphatic rings. The van der Waals surface area contributed by atoms with Gasteiger partial charge in [-0.25, -0.2) is 0 Å². The van der Waals surface area contributed by atoms with Crippen LogP contribution in [0.2, 0.25) is 0 Å². The molecule has 0 fully saturated rings. The molecule has 1 amide bonds. The maximum absolute atomic E-state index is 12.3. The van der Waals surface area contributed by atoms with Crippen LogP contribution in [0.25, 0.3) is 0 Å². The van der Waals surface area contributed by atoms with Gasteiger partial charge in [0.25, 0.3) is 5.91 Å². The number of esters is 1. The standard InChI is InChI=1S/C11H18N4O3/c1-5-15(6-8(16)18-4)11(17)10-9(12)7(2)13-14(10)3/h5-6,12H2,1-4H3. The Hall–Kier alpha value is -2.05. The monoisotopic (exact) mass is 254 g/mol. The summed E-state index contributed by atoms with van der Waals surface area (Å²) in [6.45, 7) is 3.79. The van der Waals surface area contributed by atoms with Crippen LogP contribution >= 0.6 is 0 Å². The van der Waals surface area contributed by atoms with E-state index in [9.17, 15) is 9.59 Å². The summed E-state index contributed by atoms with van der Waals surface area (Å²) in [6, 6.07) is 0. The molecule has 0 aliphatic heterocycles. The van der Waals surface area contributed by atoms with Crippen LogP contribution in [0.4, 0.5) is 5.69 Å². The second-order valence-corrected chi connectivity index (χ2v) is 3.87. The zero-order chi connectivity index (χ0) is 13.9. The lowest BCUT2D eigenvalue weighted by Gasteiger charge is -2.19. The minimum Gasteiger partial charge on any atom is -0.468 e. The number of nitrogens with two attached hydrogens (primary N) is 1. The fraction of sp³-hybridized carbons (Fsp3) is 0.545. The van der Waals surface area contributed by atoms with Crippen molar-refractivity contribution in [2.75, 3.05) is 25.9 Å². The van der Waals surface area contributed by atoms with Gasteiger partial charge in [-0.3, -0.25) is 14.3 Å². The lowest BCUT2D eigenvalue weighted by molar-refractivity contribution is -0.141. The molecular weight excluding hydrogens is 236 g/mol. The first kappa shape index (κ1) is 14.0. The number of amides is 1. The number of nitrogen functional groups attached to an aromatic ring is 1. The molecule has 100 valence electrons. The third-order valence-electron chi connectivity index (χ3n) is 2.69. The maximum Gasteiger partial charge on any atom is 0.325 e. The Morgan fingerprint density at radius 3 is 2.50 bits per heavy atom. The number of likely N-dealkylation sites (N-methyl/N-ethyl adjacent to an activating group) is 1. The second kappa shape index (κ2) is 5.52. The zero-order valence-electron chi connectivity index (χ0n) is 11.1. The van der Waals surface area contributed by atoms with Crippen molar-refractivity contribution in [1.29, 1.82) is 0 Å². The normalized spacial score (nSPS) is 10.2. The minimum atomic E-state index is -0.470. The second-order valence-electron chi connectivity index (χ2n) is 3.87. The van der Waals surface area contributed by atoms with Gasteiger partial charge in [0.15, 0.2) is 0 Å². The number of aryl methyl sites for hydroxylation is 2. The van der Waals surface area contributed by atoms with Crippen LogP contribution in [0.15, 0.2) is 0 Å². The molecule has 1 aromatic rings. The number of carbonyl (C=O) groups excluding carboxylic acids is 2. The lowest BCUT2D eigenvalue weighted by Crippen LogP contribution is -2.37. The van der Waals surface area contributed by atoms with Crippen LogP contribution in [-0.2, 0) is 16.6 Å². The van der Waals surface area contributed by atoms with Gasteiger partial charge in [-0.05, 0) is 13.8 Å². The van der Waals surface area contributed by atoms with Crippen LogP contribution in [-0.4, -0.2) is 46.8 Å². The summed E-state index contributed by atoms with van der Waals surface area (Å²) in [7, 11) is 2.92. The number of carbonyl (C=O) groups is 2. The summed E-state index contributed by atoms with van der Waals surface area (Å²) in [5.74, 6) is -0.800. The number of methoxy groups -OCH3 is 1. The summed E-state index contributed by atoms with van der Waals surface area (Å²) in [5, 5.41) is 4.08. The number of hydrogen-bond acceptors (Lipinski definition) is 5. The van der Waals surface area contributed by atoms with E-state index in [4.69, 9.17) is 5.73 Å². The molecule has 1 heterocycles. The van der Waals surface area contributed by atoms with E-state index < -0.39 is 5.97 Å². The van der Waals surface area contributed by atoms with Gasteiger partial charge in [0.1, 0.15) is 12.2 Å². The Balaban J connectivity index is 3.00. The molecular formula is C11H18N4O3. The molecule has 1 rings (SSSR count). The number of hydrogen-bond donors (Lipinski definition) is 1. The minimum absolute atomic E-state index is 0.102. The molecule has 7 nitrogen and oxygen atoms in total. The van der Waals surface area contributed by atoms with Crippen LogP contribution in [0.3, 0.4) is 0 Å². The molecule has 0 saturated carbocycles. The molecule has 0 spiro atoms. The van der Waals surface area contributed by atoms with Crippen molar-refractivity contribution in [3.05, 3.63) is 11.4 Å². The van der Waals surface area contributed by atoms with E-state index in [-0.39, 0.29) is 12.5 Å². The SMILES string of the molecule is CCN(CC(=O)OC)C(=O)c1c(N)c(C)nn1C. The zero-order valence-corrected chi connectivity index (χ0v) is 11.1. The molecule has 0 unspecified atom stereocenters. The van der Waals surface area contributed by atoms with Crippen molar-refractivity contribution in [1.82, 2.24) is 14.7 Å². The van der Waals surface area contributed by atoms with Gasteiger partial charge in [-0.1, -0.05) is 0 Å². The first-order chi connectivity index (χ1) is 8.42. The Labute approximate surface area is 105 Å². The van der Waals surface area contributed by atoms with Gasteiger partial charge in [0, 0.05) is 13.6 Å². The van der Waals surface area contributed by atoms with Crippen molar-refractivity contribution < 1.29 is 14.3 Å². The summed E-state index contributed by atoms with van der Waals surface area (Å²) in [4.78, 5) is 24.8. The van der Waals surface area contributed by atoms with E-state index in [0.717, 1.165) is 0 Å². The molecule has 0 radical (unpaired) electrons. The van der Waals surface area contributed by atoms with E-state index in [1.165, 1.54) is 16.7 Å². The van der Waals surface area contributed by atoms with E-state index in [1.54, 1.807) is 20.9 Å². The molecule has 7 heteroatoms. The van der Waals surface area contributed by atoms with Crippen LogP contribution in [0.1, 0.15) is 23.1 Å². The van der Waals surface area contributed by atoms with Gasteiger partial charge in [0.2, 0.25) is 0 Å². The van der Waals surface area contributed by atoms with Gasteiger partial charge >= 0.3 is 5.97 Å². The van der Waals surface area contributed by atoms with Crippen molar-refractivity contribution in [2.24, 2.45) is 7.05 Å². The van der Waals surface area contributed by atoms with E-state index in [0.29, 0.717) is 23.6 Å². The van der Waals surface area contributed by atoms with Gasteiger partial charge in [0.05, 0.1) is 18.5 Å². The van der Waals surface area contributed by atoms with Crippen molar-refractivity contribution in [3.63, 3.8) is 0 Å². The predicted octanol–water partition coefficient (Wildman–Crippen LogP) is -0.0542. The highest BCUT2D eigenvalue weighted by molar-refractivity contribution is 5.99. The first-order valence-corrected chi connectivity index (χ1v) is 5.57. The summed E-state index contributed by atoms with van der Waals surface area (Å²) < 4.78 is 5.97. The predicted molar refractivity (Wildman–Crippen MR) is 66.0 cm³/mol. The number of anilines is 1. The smallest absolute Gasteiger partial charge is 0.325 e. The highest BCUT2D eigenvalue weighted by atomic mass is 16.5. The third-order valence-corrected chi connectivity index (χ3v) is 2.69. The van der Waals surface area contributed by atoms with Crippen molar-refractivity contribution in [2.45, 2.75) is 13.8 Å². The Kier molecular flexibility index (Phi) is 4.30. The average Bonchev–Trinajstić information content (AvgIpc) is 2.59. The third kappa shape index (κ3) is 2.61. The van der Waals surface area contributed by atoms with Crippen molar-refractivity contribution in [3.8, 4) is 0 Å². The molecule has 0 saturated heterocycles. The number of ether oxygens (including phenoxy) is 1. The van der Waals surface area contributed by atoms with Crippen molar-refractivity contribution >= 4 is 17.6 Å². The van der Waals surface area contributed by atoms with E-state index in [2.05, 4.69) is 9.84 Å². The van der Waals surface area contributed by atoms with Crippen LogP contribution in [0.5, 0.6) is 0 Å². The lowest BCUT2D eigenvalue weighted by atomic mass is 10.2. The quantitative estimate of drug-likeness (QED) is 0.760. The van der Waals surface area contributed by atoms with E-state index >= 15 is 0 Å². The van der Waals surface area contributed by atoms with Crippen LogP contribution < -0.4 is 5.73 Å². The summed E-state index contributed by atoms with van der Waals surface area (Å²) >= 11 is 0. The number of aromatic nitrogens is 2. The first-order valence-electron chi connectivity index (χ1n) is 5.57. The fourth-order valence-corrected chi connectivity index (χ4v) is 1.63. The molecule has 2 N–H and O–H groups in total. The average molecular weight is 254 g/mol. The Bertz CT molecular complexity index is 467. The molecule has 0 bridgehead atoms. The molecule has 18 heavy (non-hydrogen) atoms.